The van der Waals surface area contributed by atoms with Crippen molar-refractivity contribution in [1.82, 2.24) is 4.90 Å². The molecule has 0 fully saturated rings. The van der Waals surface area contributed by atoms with Crippen LogP contribution in [-0.2, 0) is 0 Å². The Morgan fingerprint density at radius 1 is 1.30 bits per heavy atom. The third kappa shape index (κ3) is 6.71. The van der Waals surface area contributed by atoms with Crippen molar-refractivity contribution < 1.29 is 23.1 Å². The van der Waals surface area contributed by atoms with E-state index < -0.39 is 24.9 Å². The van der Waals surface area contributed by atoms with E-state index in [0.717, 1.165) is 11.1 Å². The lowest BCUT2D eigenvalue weighted by Crippen LogP contribution is -2.48. The van der Waals surface area contributed by atoms with Gasteiger partial charge in [-0.2, -0.15) is 13.2 Å². The van der Waals surface area contributed by atoms with Gasteiger partial charge in [0, 0.05) is 6.21 Å². The molecule has 0 aliphatic rings. The Hall–Kier alpha value is -2.05. The van der Waals surface area contributed by atoms with Gasteiger partial charge in [-0.15, -0.1) is 0 Å². The van der Waals surface area contributed by atoms with Crippen molar-refractivity contribution in [2.75, 3.05) is 13.1 Å². The molecule has 0 bridgehead atoms. The Morgan fingerprint density at radius 3 is 2.30 bits per heavy atom. The molecule has 1 aromatic carbocycles. The summed E-state index contributed by atoms with van der Waals surface area (Å²) in [6, 6.07) is 6.64. The first-order chi connectivity index (χ1) is 10.6. The molecule has 0 spiro atoms. The Balaban J connectivity index is 2.83. The average molecular weight is 330 g/mol. The lowest BCUT2D eigenvalue weighted by atomic mass is 10.0. The van der Waals surface area contributed by atoms with Crippen molar-refractivity contribution in [3.63, 3.8) is 0 Å². The van der Waals surface area contributed by atoms with Crippen LogP contribution in [0.1, 0.15) is 25.0 Å². The van der Waals surface area contributed by atoms with Crippen LogP contribution in [0, 0.1) is 12.8 Å². The summed E-state index contributed by atoms with van der Waals surface area (Å²) in [7, 11) is 0. The summed E-state index contributed by atoms with van der Waals surface area (Å²) in [6.07, 6.45) is -4.62. The number of carboxylic acid groups (broad SMARTS) is 1. The van der Waals surface area contributed by atoms with Gasteiger partial charge in [-0.25, -0.2) is 4.79 Å². The molecule has 0 aliphatic heterocycles. The zero-order chi connectivity index (χ0) is 17.6. The van der Waals surface area contributed by atoms with Crippen molar-refractivity contribution >= 4 is 12.3 Å². The smallest absolute Gasteiger partial charge is 0.407 e. The number of benzene rings is 1. The lowest BCUT2D eigenvalue weighted by Gasteiger charge is -2.31. The number of nitrogens with zero attached hydrogens (tertiary/aromatic N) is 2. The summed E-state index contributed by atoms with van der Waals surface area (Å²) in [4.78, 5) is 15.7. The number of aryl methyl sites for hydroxylation is 1. The predicted octanol–water partition coefficient (Wildman–Crippen LogP) is 3.98. The highest BCUT2D eigenvalue weighted by Crippen LogP contribution is 2.21. The lowest BCUT2D eigenvalue weighted by molar-refractivity contribution is -0.147. The highest BCUT2D eigenvalue weighted by Gasteiger charge is 2.37. The minimum Gasteiger partial charge on any atom is -0.465 e. The molecule has 7 heteroatoms. The van der Waals surface area contributed by atoms with E-state index in [1.165, 1.54) is 0 Å². The summed E-state index contributed by atoms with van der Waals surface area (Å²) < 4.78 is 37.7. The Kier molecular flexibility index (Phi) is 6.60. The summed E-state index contributed by atoms with van der Waals surface area (Å²) in [5.74, 6) is -0.288. The highest BCUT2D eigenvalue weighted by molar-refractivity contribution is 5.79. The Bertz CT molecular complexity index is 539. The maximum absolute atomic E-state index is 12.6. The summed E-state index contributed by atoms with van der Waals surface area (Å²) in [5, 5.41) is 9.08. The molecule has 0 saturated carbocycles. The zero-order valence-corrected chi connectivity index (χ0v) is 13.3. The molecule has 0 saturated heterocycles. The average Bonchev–Trinajstić information content (AvgIpc) is 2.42. The molecule has 1 aromatic rings. The third-order valence-corrected chi connectivity index (χ3v) is 3.38. The second-order valence-electron chi connectivity index (χ2n) is 5.74. The van der Waals surface area contributed by atoms with Gasteiger partial charge in [-0.1, -0.05) is 43.7 Å². The normalized spacial score (nSPS) is 13.5. The molecule has 1 N–H and O–H groups in total. The fourth-order valence-corrected chi connectivity index (χ4v) is 2.11. The summed E-state index contributed by atoms with van der Waals surface area (Å²) in [6.45, 7) is 3.79. The van der Waals surface area contributed by atoms with E-state index in [9.17, 15) is 18.0 Å². The van der Waals surface area contributed by atoms with E-state index in [1.807, 2.05) is 31.2 Å². The monoisotopic (exact) mass is 330 g/mol. The number of carbonyl (C=O) groups is 1. The quantitative estimate of drug-likeness (QED) is 0.802. The van der Waals surface area contributed by atoms with Gasteiger partial charge in [0.1, 0.15) is 6.54 Å². The fourth-order valence-electron chi connectivity index (χ4n) is 2.11. The molecule has 1 atom stereocenters. The fraction of sp³-hybridized carbons (Fsp3) is 0.500. The second kappa shape index (κ2) is 7.99. The number of rotatable bonds is 6. The van der Waals surface area contributed by atoms with Gasteiger partial charge < -0.3 is 5.11 Å². The van der Waals surface area contributed by atoms with E-state index in [4.69, 9.17) is 5.11 Å². The molecular weight excluding hydrogens is 309 g/mol. The van der Waals surface area contributed by atoms with Crippen LogP contribution in [0.4, 0.5) is 18.0 Å². The van der Waals surface area contributed by atoms with Gasteiger partial charge in [-0.05, 0) is 18.4 Å². The largest absolute Gasteiger partial charge is 0.465 e. The van der Waals surface area contributed by atoms with Crippen molar-refractivity contribution in [3.8, 4) is 0 Å². The maximum atomic E-state index is 12.6. The minimum absolute atomic E-state index is 0.0199. The summed E-state index contributed by atoms with van der Waals surface area (Å²) >= 11 is 0. The number of amides is 1. The number of alkyl halides is 3. The van der Waals surface area contributed by atoms with Crippen LogP contribution >= 0.6 is 0 Å². The van der Waals surface area contributed by atoms with E-state index in [0.29, 0.717) is 4.90 Å². The van der Waals surface area contributed by atoms with Gasteiger partial charge in [0.15, 0.2) is 0 Å². The van der Waals surface area contributed by atoms with Crippen molar-refractivity contribution in [2.45, 2.75) is 33.0 Å². The van der Waals surface area contributed by atoms with Crippen LogP contribution in [-0.4, -0.2) is 47.6 Å². The van der Waals surface area contributed by atoms with Gasteiger partial charge >= 0.3 is 12.3 Å². The minimum atomic E-state index is -4.58. The Labute approximate surface area is 133 Å². The molecule has 128 valence electrons. The molecule has 1 unspecified atom stereocenters. The highest BCUT2D eigenvalue weighted by atomic mass is 19.4. The van der Waals surface area contributed by atoms with Gasteiger partial charge in [0.2, 0.25) is 0 Å². The molecule has 0 radical (unpaired) electrons. The van der Waals surface area contributed by atoms with Crippen LogP contribution < -0.4 is 0 Å². The number of hydrogen-bond acceptors (Lipinski definition) is 2. The molecule has 23 heavy (non-hydrogen) atoms. The van der Waals surface area contributed by atoms with Crippen LogP contribution in [0.5, 0.6) is 0 Å². The Morgan fingerprint density at radius 2 is 1.87 bits per heavy atom. The van der Waals surface area contributed by atoms with Crippen LogP contribution in [0.15, 0.2) is 29.3 Å². The molecule has 0 aliphatic carbocycles. The van der Waals surface area contributed by atoms with Gasteiger partial charge in [-0.3, -0.25) is 9.89 Å². The SMILES string of the molecule is Cc1ccc(C=NCC(C(C)C)N(CC(F)(F)F)C(=O)O)cc1. The molecule has 1 amide bonds. The van der Waals surface area contributed by atoms with Crippen LogP contribution in [0.3, 0.4) is 0 Å². The van der Waals surface area contributed by atoms with Crippen molar-refractivity contribution in [1.29, 1.82) is 0 Å². The van der Waals surface area contributed by atoms with Gasteiger partial charge in [0.25, 0.3) is 0 Å². The van der Waals surface area contributed by atoms with E-state index in [2.05, 4.69) is 4.99 Å². The van der Waals surface area contributed by atoms with E-state index in [1.54, 1.807) is 20.1 Å². The summed E-state index contributed by atoms with van der Waals surface area (Å²) in [5.41, 5.74) is 1.90. The first-order valence-electron chi connectivity index (χ1n) is 7.23. The first kappa shape index (κ1) is 19.0. The standard InChI is InChI=1S/C16H21F3N2O2/c1-11(2)14(21(15(22)23)10-16(17,18)19)9-20-8-13-6-4-12(3)5-7-13/h4-8,11,14H,9-10H2,1-3H3,(H,22,23). The molecule has 0 heterocycles. The van der Waals surface area contributed by atoms with Crippen molar-refractivity contribution in [2.24, 2.45) is 10.9 Å². The van der Waals surface area contributed by atoms with Crippen LogP contribution in [0.2, 0.25) is 0 Å². The number of hydrogen-bond donors (Lipinski definition) is 1. The first-order valence-corrected chi connectivity index (χ1v) is 7.23. The third-order valence-electron chi connectivity index (χ3n) is 3.38. The molecule has 4 nitrogen and oxygen atoms in total. The predicted molar refractivity (Wildman–Crippen MR) is 83.1 cm³/mol. The number of halogens is 3. The number of aliphatic imine (C=N–C) groups is 1. The second-order valence-corrected chi connectivity index (χ2v) is 5.74. The van der Waals surface area contributed by atoms with Crippen LogP contribution in [0.25, 0.3) is 0 Å². The molecular formula is C16H21F3N2O2. The van der Waals surface area contributed by atoms with E-state index in [-0.39, 0.29) is 12.5 Å². The topological polar surface area (TPSA) is 52.9 Å². The van der Waals surface area contributed by atoms with E-state index >= 15 is 0 Å². The molecule has 0 aromatic heterocycles. The molecule has 1 rings (SSSR count). The van der Waals surface area contributed by atoms with Gasteiger partial charge in [0.05, 0.1) is 12.6 Å². The maximum Gasteiger partial charge on any atom is 0.407 e. The van der Waals surface area contributed by atoms with Crippen molar-refractivity contribution in [3.05, 3.63) is 35.4 Å². The zero-order valence-electron chi connectivity index (χ0n) is 13.3.